The third-order valence-electron chi connectivity index (χ3n) is 2.89. The molecule has 0 radical (unpaired) electrons. The molecule has 0 spiro atoms. The Morgan fingerprint density at radius 1 is 1.21 bits per heavy atom. The van der Waals surface area contributed by atoms with E-state index in [1.807, 2.05) is 17.7 Å². The van der Waals surface area contributed by atoms with E-state index in [2.05, 4.69) is 28.8 Å². The van der Waals surface area contributed by atoms with Gasteiger partial charge in [0.25, 0.3) is 5.56 Å². The molecule has 19 heavy (non-hydrogen) atoms. The summed E-state index contributed by atoms with van der Waals surface area (Å²) in [6.45, 7) is 6.13. The largest absolute Gasteiger partial charge is 0.305 e. The molecule has 0 aliphatic rings. The van der Waals surface area contributed by atoms with Crippen LogP contribution in [0.15, 0.2) is 15.6 Å². The van der Waals surface area contributed by atoms with Crippen LogP contribution >= 0.6 is 22.7 Å². The highest BCUT2D eigenvalue weighted by Crippen LogP contribution is 2.26. The van der Waals surface area contributed by atoms with Gasteiger partial charge >= 0.3 is 0 Å². The third-order valence-corrected chi connectivity index (χ3v) is 5.02. The van der Waals surface area contributed by atoms with Crippen molar-refractivity contribution in [2.24, 2.45) is 0 Å². The van der Waals surface area contributed by atoms with Crippen molar-refractivity contribution in [1.82, 2.24) is 15.0 Å². The average Bonchev–Trinajstić information content (AvgIpc) is 2.96. The molecule has 0 aliphatic heterocycles. The summed E-state index contributed by atoms with van der Waals surface area (Å²) in [6, 6.07) is 0. The molecule has 6 heteroatoms. The zero-order chi connectivity index (χ0) is 13.6. The fraction of sp³-hybridized carbons (Fsp3) is 0.308. The van der Waals surface area contributed by atoms with Crippen molar-refractivity contribution in [3.05, 3.63) is 31.7 Å². The van der Waals surface area contributed by atoms with Gasteiger partial charge in [0.2, 0.25) is 0 Å². The Morgan fingerprint density at radius 2 is 2.00 bits per heavy atom. The molecule has 0 atom stereocenters. The Balaban J connectivity index is 2.17. The molecule has 4 nitrogen and oxygen atoms in total. The number of aryl methyl sites for hydroxylation is 1. The smallest absolute Gasteiger partial charge is 0.260 e. The molecule has 0 aliphatic carbocycles. The quantitative estimate of drug-likeness (QED) is 0.785. The highest BCUT2D eigenvalue weighted by molar-refractivity contribution is 7.16. The monoisotopic (exact) mass is 291 g/mol. The van der Waals surface area contributed by atoms with Crippen molar-refractivity contribution in [2.75, 3.05) is 0 Å². The average molecular weight is 291 g/mol. The van der Waals surface area contributed by atoms with Gasteiger partial charge in [-0.25, -0.2) is 9.97 Å². The summed E-state index contributed by atoms with van der Waals surface area (Å²) in [5.41, 5.74) is 1.64. The van der Waals surface area contributed by atoms with E-state index >= 15 is 0 Å². The molecule has 0 saturated carbocycles. The molecule has 3 rings (SSSR count). The van der Waals surface area contributed by atoms with Crippen molar-refractivity contribution in [3.63, 3.8) is 0 Å². The molecule has 0 aromatic carbocycles. The van der Waals surface area contributed by atoms with Gasteiger partial charge in [-0.3, -0.25) is 4.79 Å². The van der Waals surface area contributed by atoms with Crippen LogP contribution in [-0.4, -0.2) is 15.0 Å². The minimum atomic E-state index is -0.0853. The van der Waals surface area contributed by atoms with Crippen LogP contribution in [0.3, 0.4) is 0 Å². The van der Waals surface area contributed by atoms with E-state index in [1.165, 1.54) is 11.3 Å². The second-order valence-electron chi connectivity index (χ2n) is 4.74. The molecule has 0 unspecified atom stereocenters. The number of thiazole rings is 1. The van der Waals surface area contributed by atoms with Gasteiger partial charge in [-0.05, 0) is 17.9 Å². The van der Waals surface area contributed by atoms with Gasteiger partial charge in [0.1, 0.15) is 10.5 Å². The summed E-state index contributed by atoms with van der Waals surface area (Å²) >= 11 is 3.09. The Hall–Kier alpha value is -1.53. The molecular formula is C13H13N3OS2. The number of rotatable bonds is 2. The Bertz CT molecular complexity index is 798. The number of aromatic amines is 1. The van der Waals surface area contributed by atoms with E-state index in [9.17, 15) is 4.79 Å². The maximum Gasteiger partial charge on any atom is 0.260 e. The van der Waals surface area contributed by atoms with Crippen molar-refractivity contribution in [2.45, 2.75) is 26.7 Å². The van der Waals surface area contributed by atoms with Crippen LogP contribution in [0.1, 0.15) is 30.3 Å². The molecule has 3 aromatic heterocycles. The van der Waals surface area contributed by atoms with Crippen molar-refractivity contribution in [1.29, 1.82) is 0 Å². The van der Waals surface area contributed by atoms with E-state index in [0.29, 0.717) is 17.1 Å². The molecule has 0 saturated heterocycles. The van der Waals surface area contributed by atoms with E-state index in [-0.39, 0.29) is 5.56 Å². The lowest BCUT2D eigenvalue weighted by Gasteiger charge is -1.98. The lowest BCUT2D eigenvalue weighted by Crippen LogP contribution is -2.09. The fourth-order valence-corrected chi connectivity index (χ4v) is 3.61. The van der Waals surface area contributed by atoms with Gasteiger partial charge in [0.05, 0.1) is 10.4 Å². The first-order valence-electron chi connectivity index (χ1n) is 6.00. The maximum absolute atomic E-state index is 12.1. The van der Waals surface area contributed by atoms with Gasteiger partial charge < -0.3 is 4.98 Å². The number of nitrogens with one attached hydrogen (secondary N) is 1. The second-order valence-corrected chi connectivity index (χ2v) is 6.49. The van der Waals surface area contributed by atoms with Crippen LogP contribution in [-0.2, 0) is 0 Å². The highest BCUT2D eigenvalue weighted by Gasteiger charge is 2.13. The summed E-state index contributed by atoms with van der Waals surface area (Å²) < 4.78 is 0. The molecular weight excluding hydrogens is 278 g/mol. The summed E-state index contributed by atoms with van der Waals surface area (Å²) in [4.78, 5) is 24.7. The molecule has 98 valence electrons. The minimum absolute atomic E-state index is 0.0853. The van der Waals surface area contributed by atoms with E-state index in [1.54, 1.807) is 11.3 Å². The van der Waals surface area contributed by atoms with Crippen molar-refractivity contribution < 1.29 is 0 Å². The predicted molar refractivity (Wildman–Crippen MR) is 80.2 cm³/mol. The number of hydrogen-bond donors (Lipinski definition) is 1. The summed E-state index contributed by atoms with van der Waals surface area (Å²) in [5, 5.41) is 5.64. The summed E-state index contributed by atoms with van der Waals surface area (Å²) in [6.07, 6.45) is 0. The van der Waals surface area contributed by atoms with Gasteiger partial charge in [-0.15, -0.1) is 22.7 Å². The van der Waals surface area contributed by atoms with Crippen LogP contribution < -0.4 is 5.56 Å². The van der Waals surface area contributed by atoms with Crippen molar-refractivity contribution >= 4 is 32.9 Å². The number of aromatic nitrogens is 3. The van der Waals surface area contributed by atoms with Gasteiger partial charge in [0.15, 0.2) is 5.82 Å². The topological polar surface area (TPSA) is 58.6 Å². The molecule has 3 heterocycles. The molecule has 0 bridgehead atoms. The van der Waals surface area contributed by atoms with Gasteiger partial charge in [-0.1, -0.05) is 13.8 Å². The summed E-state index contributed by atoms with van der Waals surface area (Å²) in [5.74, 6) is 0.945. The predicted octanol–water partition coefficient (Wildman–Crippen LogP) is 3.54. The number of fused-ring (bicyclic) bond motifs is 1. The van der Waals surface area contributed by atoms with Crippen LogP contribution in [0, 0.1) is 6.92 Å². The van der Waals surface area contributed by atoms with Gasteiger partial charge in [-0.2, -0.15) is 0 Å². The maximum atomic E-state index is 12.1. The molecule has 3 aromatic rings. The third kappa shape index (κ3) is 2.11. The van der Waals surface area contributed by atoms with Crippen LogP contribution in [0.2, 0.25) is 0 Å². The minimum Gasteiger partial charge on any atom is -0.305 e. The number of nitrogens with zero attached hydrogens (tertiary/aromatic N) is 2. The van der Waals surface area contributed by atoms with Crippen LogP contribution in [0.4, 0.5) is 0 Å². The Kier molecular flexibility index (Phi) is 2.99. The normalized spacial score (nSPS) is 11.6. The van der Waals surface area contributed by atoms with E-state index < -0.39 is 0 Å². The van der Waals surface area contributed by atoms with Crippen LogP contribution in [0.25, 0.3) is 21.7 Å². The molecule has 1 N–H and O–H groups in total. The number of H-pyrrole nitrogens is 1. The Labute approximate surface area is 118 Å². The van der Waals surface area contributed by atoms with Crippen molar-refractivity contribution in [3.8, 4) is 11.5 Å². The fourth-order valence-electron chi connectivity index (χ4n) is 1.87. The first-order chi connectivity index (χ1) is 9.06. The number of thiophene rings is 1. The SMILES string of the molecule is Cc1csc2nc(-c3csc(C(C)C)n3)[nH]c(=O)c12. The standard InChI is InChI=1S/C13H13N3OS2/c1-6(2)12-14-8(5-19-12)10-15-11(17)9-7(3)4-18-13(9)16-10/h4-6H,1-3H3,(H,15,16,17). The Morgan fingerprint density at radius 3 is 2.68 bits per heavy atom. The lowest BCUT2D eigenvalue weighted by atomic mass is 10.2. The summed E-state index contributed by atoms with van der Waals surface area (Å²) in [7, 11) is 0. The zero-order valence-corrected chi connectivity index (χ0v) is 12.5. The first kappa shape index (κ1) is 12.5. The highest BCUT2D eigenvalue weighted by atomic mass is 32.1. The van der Waals surface area contributed by atoms with Gasteiger partial charge in [0, 0.05) is 11.3 Å². The molecule has 0 amide bonds. The lowest BCUT2D eigenvalue weighted by molar-refractivity contribution is 0.852. The second kappa shape index (κ2) is 4.54. The molecule has 0 fully saturated rings. The first-order valence-corrected chi connectivity index (χ1v) is 7.76. The number of hydrogen-bond acceptors (Lipinski definition) is 5. The van der Waals surface area contributed by atoms with Crippen LogP contribution in [0.5, 0.6) is 0 Å². The van der Waals surface area contributed by atoms with E-state index in [0.717, 1.165) is 21.1 Å². The zero-order valence-electron chi connectivity index (χ0n) is 10.9. The van der Waals surface area contributed by atoms with E-state index in [4.69, 9.17) is 0 Å².